The average Bonchev–Trinajstić information content (AvgIpc) is 2.52. The number of nitrogens with zero attached hydrogens (tertiary/aromatic N) is 2. The lowest BCUT2D eigenvalue weighted by Gasteiger charge is -2.14. The maximum Gasteiger partial charge on any atom is 0.109 e. The van der Waals surface area contributed by atoms with Crippen LogP contribution in [0.15, 0.2) is 12.4 Å². The molecule has 0 amide bonds. The van der Waals surface area contributed by atoms with Crippen LogP contribution in [0.1, 0.15) is 32.1 Å². The molecule has 13 heavy (non-hydrogen) atoms. The highest BCUT2D eigenvalue weighted by atomic mass is 32.1. The van der Waals surface area contributed by atoms with Gasteiger partial charge in [0.05, 0.1) is 11.0 Å². The molecule has 72 valence electrons. The van der Waals surface area contributed by atoms with E-state index in [1.165, 1.54) is 0 Å². The molecule has 0 aliphatic carbocycles. The second-order valence-electron chi connectivity index (χ2n) is 3.08. The van der Waals surface area contributed by atoms with E-state index in [-0.39, 0.29) is 6.04 Å². The Morgan fingerprint density at radius 2 is 2.46 bits per heavy atom. The molecule has 3 nitrogen and oxygen atoms in total. The fourth-order valence-corrected chi connectivity index (χ4v) is 1.36. The minimum atomic E-state index is 0.0686. The Morgan fingerprint density at radius 3 is 3.00 bits per heavy atom. The van der Waals surface area contributed by atoms with Gasteiger partial charge in [-0.15, -0.1) is 0 Å². The van der Waals surface area contributed by atoms with Gasteiger partial charge in [0.25, 0.3) is 0 Å². The Labute approximate surface area is 84.0 Å². The number of nitrogens with two attached hydrogens (primary N) is 1. The van der Waals surface area contributed by atoms with E-state index in [1.807, 2.05) is 17.7 Å². The summed E-state index contributed by atoms with van der Waals surface area (Å²) in [6, 6.07) is 0.0686. The fraction of sp³-hybridized carbons (Fsp3) is 0.556. The summed E-state index contributed by atoms with van der Waals surface area (Å²) in [5.41, 5.74) is 5.58. The Hall–Kier alpha value is -0.900. The summed E-state index contributed by atoms with van der Waals surface area (Å²) >= 11 is 4.94. The van der Waals surface area contributed by atoms with Crippen molar-refractivity contribution in [1.82, 2.24) is 9.55 Å². The van der Waals surface area contributed by atoms with Gasteiger partial charge in [-0.1, -0.05) is 19.1 Å². The molecule has 4 heteroatoms. The van der Waals surface area contributed by atoms with Crippen LogP contribution in [0.25, 0.3) is 0 Å². The van der Waals surface area contributed by atoms with E-state index in [0.29, 0.717) is 4.99 Å². The minimum absolute atomic E-state index is 0.0686. The zero-order valence-corrected chi connectivity index (χ0v) is 8.84. The third kappa shape index (κ3) is 2.28. The van der Waals surface area contributed by atoms with Gasteiger partial charge in [0.1, 0.15) is 5.82 Å². The van der Waals surface area contributed by atoms with Crippen LogP contribution in [0.3, 0.4) is 0 Å². The van der Waals surface area contributed by atoms with E-state index in [0.717, 1.165) is 18.7 Å². The first kappa shape index (κ1) is 10.2. The maximum atomic E-state index is 5.58. The Morgan fingerprint density at radius 1 is 1.77 bits per heavy atom. The van der Waals surface area contributed by atoms with Crippen molar-refractivity contribution < 1.29 is 0 Å². The van der Waals surface area contributed by atoms with Crippen LogP contribution in [0.4, 0.5) is 0 Å². The lowest BCUT2D eigenvalue weighted by Crippen LogP contribution is -2.23. The molecule has 1 rings (SSSR count). The molecule has 1 unspecified atom stereocenters. The normalized spacial score (nSPS) is 12.8. The summed E-state index contributed by atoms with van der Waals surface area (Å²) in [7, 11) is 0. The van der Waals surface area contributed by atoms with Gasteiger partial charge in [-0.05, 0) is 13.3 Å². The molecular formula is C9H15N3S. The second-order valence-corrected chi connectivity index (χ2v) is 3.55. The van der Waals surface area contributed by atoms with Crippen LogP contribution in [-0.4, -0.2) is 14.5 Å². The van der Waals surface area contributed by atoms with Gasteiger partial charge < -0.3 is 10.3 Å². The molecule has 1 heterocycles. The summed E-state index contributed by atoms with van der Waals surface area (Å²) in [4.78, 5) is 4.77. The first-order chi connectivity index (χ1) is 6.16. The van der Waals surface area contributed by atoms with Crippen molar-refractivity contribution in [2.75, 3.05) is 0 Å². The van der Waals surface area contributed by atoms with E-state index in [2.05, 4.69) is 11.9 Å². The zero-order chi connectivity index (χ0) is 9.84. The van der Waals surface area contributed by atoms with Crippen LogP contribution in [0.2, 0.25) is 0 Å². The van der Waals surface area contributed by atoms with Crippen molar-refractivity contribution in [3.8, 4) is 0 Å². The molecule has 0 aromatic carbocycles. The van der Waals surface area contributed by atoms with E-state index in [4.69, 9.17) is 18.0 Å². The van der Waals surface area contributed by atoms with Gasteiger partial charge in [0, 0.05) is 18.8 Å². The molecule has 0 fully saturated rings. The number of hydrogen-bond donors (Lipinski definition) is 1. The smallest absolute Gasteiger partial charge is 0.109 e. The first-order valence-corrected chi connectivity index (χ1v) is 4.88. The summed E-state index contributed by atoms with van der Waals surface area (Å²) in [6.07, 6.45) is 5.77. The predicted molar refractivity (Wildman–Crippen MR) is 57.7 cm³/mol. The zero-order valence-electron chi connectivity index (χ0n) is 8.03. The molecule has 0 bridgehead atoms. The first-order valence-electron chi connectivity index (χ1n) is 4.47. The van der Waals surface area contributed by atoms with Crippen LogP contribution in [0.5, 0.6) is 0 Å². The van der Waals surface area contributed by atoms with Gasteiger partial charge in [0.15, 0.2) is 0 Å². The Balaban J connectivity index is 2.86. The number of aromatic nitrogens is 2. The molecule has 1 atom stereocenters. The van der Waals surface area contributed by atoms with E-state index >= 15 is 0 Å². The van der Waals surface area contributed by atoms with Gasteiger partial charge in [0.2, 0.25) is 0 Å². The SMILES string of the molecule is CCCc1nccn1C(C)C(N)=S. The molecule has 0 aliphatic rings. The van der Waals surface area contributed by atoms with Gasteiger partial charge >= 0.3 is 0 Å². The second kappa shape index (κ2) is 4.37. The standard InChI is InChI=1S/C9H15N3S/c1-3-4-8-11-5-6-12(8)7(2)9(10)13/h5-7H,3-4H2,1-2H3,(H2,10,13). The number of imidazole rings is 1. The molecule has 0 saturated carbocycles. The van der Waals surface area contributed by atoms with E-state index < -0.39 is 0 Å². The molecular weight excluding hydrogens is 182 g/mol. The summed E-state index contributed by atoms with van der Waals surface area (Å²) in [5.74, 6) is 1.06. The molecule has 0 aliphatic heterocycles. The van der Waals surface area contributed by atoms with Crippen molar-refractivity contribution >= 4 is 17.2 Å². The third-order valence-electron chi connectivity index (χ3n) is 2.05. The van der Waals surface area contributed by atoms with Crippen LogP contribution >= 0.6 is 12.2 Å². The maximum absolute atomic E-state index is 5.58. The van der Waals surface area contributed by atoms with Gasteiger partial charge in [-0.2, -0.15) is 0 Å². The number of hydrogen-bond acceptors (Lipinski definition) is 2. The predicted octanol–water partition coefficient (Wildman–Crippen LogP) is 1.68. The van der Waals surface area contributed by atoms with Crippen molar-refractivity contribution in [2.24, 2.45) is 5.73 Å². The molecule has 2 N–H and O–H groups in total. The highest BCUT2D eigenvalue weighted by molar-refractivity contribution is 7.80. The van der Waals surface area contributed by atoms with Crippen LogP contribution < -0.4 is 5.73 Å². The molecule has 0 saturated heterocycles. The molecule has 1 aromatic heterocycles. The topological polar surface area (TPSA) is 43.8 Å². The lowest BCUT2D eigenvalue weighted by atomic mass is 10.3. The average molecular weight is 197 g/mol. The number of aryl methyl sites for hydroxylation is 1. The Kier molecular flexibility index (Phi) is 3.42. The van der Waals surface area contributed by atoms with Crippen LogP contribution in [0, 0.1) is 0 Å². The lowest BCUT2D eigenvalue weighted by molar-refractivity contribution is 0.640. The number of rotatable bonds is 4. The van der Waals surface area contributed by atoms with Gasteiger partial charge in [-0.3, -0.25) is 0 Å². The van der Waals surface area contributed by atoms with Crippen molar-refractivity contribution in [2.45, 2.75) is 32.7 Å². The quantitative estimate of drug-likeness (QED) is 0.747. The van der Waals surface area contributed by atoms with Crippen molar-refractivity contribution in [3.05, 3.63) is 18.2 Å². The van der Waals surface area contributed by atoms with Crippen molar-refractivity contribution in [1.29, 1.82) is 0 Å². The van der Waals surface area contributed by atoms with Crippen molar-refractivity contribution in [3.63, 3.8) is 0 Å². The summed E-state index contributed by atoms with van der Waals surface area (Å²) < 4.78 is 2.03. The highest BCUT2D eigenvalue weighted by Gasteiger charge is 2.10. The summed E-state index contributed by atoms with van der Waals surface area (Å²) in [6.45, 7) is 4.12. The largest absolute Gasteiger partial charge is 0.392 e. The fourth-order valence-electron chi connectivity index (χ4n) is 1.25. The van der Waals surface area contributed by atoms with Gasteiger partial charge in [-0.25, -0.2) is 4.98 Å². The monoisotopic (exact) mass is 197 g/mol. The number of thiocarbonyl (C=S) groups is 1. The van der Waals surface area contributed by atoms with E-state index in [9.17, 15) is 0 Å². The third-order valence-corrected chi connectivity index (χ3v) is 2.39. The summed E-state index contributed by atoms with van der Waals surface area (Å²) in [5, 5.41) is 0. The van der Waals surface area contributed by atoms with E-state index in [1.54, 1.807) is 6.20 Å². The highest BCUT2D eigenvalue weighted by Crippen LogP contribution is 2.10. The molecule has 0 spiro atoms. The van der Waals surface area contributed by atoms with Crippen LogP contribution in [-0.2, 0) is 6.42 Å². The minimum Gasteiger partial charge on any atom is -0.392 e. The Bertz CT molecular complexity index is 293. The molecule has 1 aromatic rings. The molecule has 0 radical (unpaired) electrons.